The third-order valence-electron chi connectivity index (χ3n) is 5.21. The Labute approximate surface area is 156 Å². The van der Waals surface area contributed by atoms with E-state index in [-0.39, 0.29) is 11.7 Å². The second-order valence-electron chi connectivity index (χ2n) is 6.96. The van der Waals surface area contributed by atoms with Crippen LogP contribution in [0.4, 0.5) is 4.39 Å². The molecule has 0 atom stereocenters. The molecular weight excluding hydrogens is 351 g/mol. The highest BCUT2D eigenvalue weighted by Gasteiger charge is 2.25. The minimum Gasteiger partial charge on any atom is -0.361 e. The van der Waals surface area contributed by atoms with E-state index in [1.54, 1.807) is 0 Å². The Hall–Kier alpha value is -2.33. The molecule has 0 radical (unpaired) electrons. The van der Waals surface area contributed by atoms with Crippen LogP contribution < -0.4 is 0 Å². The Morgan fingerprint density at radius 2 is 1.88 bits per heavy atom. The van der Waals surface area contributed by atoms with Gasteiger partial charge in [0.15, 0.2) is 0 Å². The Morgan fingerprint density at radius 1 is 1.15 bits per heavy atom. The molecule has 4 rings (SSSR count). The molecular formula is C21H20ClFN2O. The summed E-state index contributed by atoms with van der Waals surface area (Å²) < 4.78 is 13.0. The minimum absolute atomic E-state index is 0.00154. The number of carbonyl (C=O) groups excluding carboxylic acids is 1. The molecule has 5 heteroatoms. The van der Waals surface area contributed by atoms with Crippen molar-refractivity contribution in [2.24, 2.45) is 5.92 Å². The number of aromatic nitrogens is 1. The first-order chi connectivity index (χ1) is 12.6. The van der Waals surface area contributed by atoms with E-state index in [4.69, 9.17) is 11.6 Å². The first-order valence-electron chi connectivity index (χ1n) is 8.90. The van der Waals surface area contributed by atoms with Crippen LogP contribution in [0.2, 0.25) is 5.02 Å². The Kier molecular flexibility index (Phi) is 4.68. The van der Waals surface area contributed by atoms with Crippen LogP contribution in [-0.4, -0.2) is 28.9 Å². The number of halogens is 2. The molecule has 0 unspecified atom stereocenters. The highest BCUT2D eigenvalue weighted by atomic mass is 35.5. The molecule has 0 bridgehead atoms. The van der Waals surface area contributed by atoms with E-state index in [0.29, 0.717) is 16.5 Å². The predicted molar refractivity (Wildman–Crippen MR) is 102 cm³/mol. The number of hydrogen-bond acceptors (Lipinski definition) is 1. The molecule has 2 aromatic carbocycles. The van der Waals surface area contributed by atoms with Crippen LogP contribution in [0.3, 0.4) is 0 Å². The van der Waals surface area contributed by atoms with Crippen molar-refractivity contribution < 1.29 is 9.18 Å². The van der Waals surface area contributed by atoms with Crippen molar-refractivity contribution in [3.05, 3.63) is 70.6 Å². The van der Waals surface area contributed by atoms with Gasteiger partial charge >= 0.3 is 0 Å². The van der Waals surface area contributed by atoms with Gasteiger partial charge in [0.1, 0.15) is 5.82 Å². The van der Waals surface area contributed by atoms with E-state index in [1.807, 2.05) is 41.4 Å². The van der Waals surface area contributed by atoms with Gasteiger partial charge in [0, 0.05) is 30.2 Å². The van der Waals surface area contributed by atoms with Gasteiger partial charge < -0.3 is 9.88 Å². The van der Waals surface area contributed by atoms with E-state index in [1.165, 1.54) is 12.1 Å². The molecule has 1 amide bonds. The van der Waals surface area contributed by atoms with Crippen LogP contribution in [-0.2, 0) is 6.42 Å². The molecule has 3 nitrogen and oxygen atoms in total. The number of H-pyrrole nitrogens is 1. The fourth-order valence-electron chi connectivity index (χ4n) is 3.70. The van der Waals surface area contributed by atoms with Crippen molar-refractivity contribution in [2.75, 3.05) is 13.1 Å². The zero-order valence-electron chi connectivity index (χ0n) is 14.3. The summed E-state index contributed by atoms with van der Waals surface area (Å²) >= 11 is 6.32. The molecule has 26 heavy (non-hydrogen) atoms. The monoisotopic (exact) mass is 370 g/mol. The molecule has 1 aliphatic heterocycles. The minimum atomic E-state index is -0.203. The maximum atomic E-state index is 13.0. The number of amides is 1. The summed E-state index contributed by atoms with van der Waals surface area (Å²) in [5.74, 6) is 0.316. The van der Waals surface area contributed by atoms with Crippen LogP contribution in [0.1, 0.15) is 28.8 Å². The Balaban J connectivity index is 1.41. The standard InChI is InChI=1S/C21H20ClFN2O/c22-19-13-20-16(5-8-24-20)12-18(19)21(26)25-9-6-15(7-10-25)11-14-1-3-17(23)4-2-14/h1-5,8,12-13,15,24H,6-7,9-11H2. The summed E-state index contributed by atoms with van der Waals surface area (Å²) in [5.41, 5.74) is 2.65. The van der Waals surface area contributed by atoms with Crippen molar-refractivity contribution in [1.29, 1.82) is 0 Å². The van der Waals surface area contributed by atoms with E-state index in [2.05, 4.69) is 4.98 Å². The third-order valence-corrected chi connectivity index (χ3v) is 5.52. The van der Waals surface area contributed by atoms with Crippen molar-refractivity contribution >= 4 is 28.4 Å². The van der Waals surface area contributed by atoms with Crippen LogP contribution in [0.5, 0.6) is 0 Å². The quantitative estimate of drug-likeness (QED) is 0.687. The normalized spacial score (nSPS) is 15.5. The van der Waals surface area contributed by atoms with Gasteiger partial charge in [0.25, 0.3) is 5.91 Å². The summed E-state index contributed by atoms with van der Waals surface area (Å²) in [7, 11) is 0. The molecule has 0 spiro atoms. The van der Waals surface area contributed by atoms with Crippen molar-refractivity contribution in [3.63, 3.8) is 0 Å². The van der Waals surface area contributed by atoms with Crippen LogP contribution in [0.25, 0.3) is 10.9 Å². The molecule has 1 N–H and O–H groups in total. The highest BCUT2D eigenvalue weighted by molar-refractivity contribution is 6.34. The van der Waals surface area contributed by atoms with Crippen molar-refractivity contribution in [2.45, 2.75) is 19.3 Å². The summed E-state index contributed by atoms with van der Waals surface area (Å²) in [6.07, 6.45) is 4.68. The molecule has 2 heterocycles. The van der Waals surface area contributed by atoms with Gasteiger partial charge in [-0.25, -0.2) is 4.39 Å². The lowest BCUT2D eigenvalue weighted by Gasteiger charge is -2.32. The smallest absolute Gasteiger partial charge is 0.255 e. The van der Waals surface area contributed by atoms with Gasteiger partial charge in [-0.05, 0) is 61.1 Å². The van der Waals surface area contributed by atoms with E-state index >= 15 is 0 Å². The number of nitrogens with zero attached hydrogens (tertiary/aromatic N) is 1. The molecule has 134 valence electrons. The Morgan fingerprint density at radius 3 is 2.62 bits per heavy atom. The number of carbonyl (C=O) groups is 1. The molecule has 1 saturated heterocycles. The van der Waals surface area contributed by atoms with Crippen LogP contribution >= 0.6 is 11.6 Å². The van der Waals surface area contributed by atoms with Gasteiger partial charge in [-0.2, -0.15) is 0 Å². The molecule has 1 aliphatic rings. The lowest BCUT2D eigenvalue weighted by Crippen LogP contribution is -2.39. The van der Waals surface area contributed by atoms with Gasteiger partial charge in [0.2, 0.25) is 0 Å². The highest BCUT2D eigenvalue weighted by Crippen LogP contribution is 2.27. The van der Waals surface area contributed by atoms with Gasteiger partial charge in [-0.3, -0.25) is 4.79 Å². The maximum absolute atomic E-state index is 13.0. The zero-order valence-corrected chi connectivity index (χ0v) is 15.1. The largest absolute Gasteiger partial charge is 0.361 e. The second kappa shape index (κ2) is 7.12. The lowest BCUT2D eigenvalue weighted by atomic mass is 9.90. The number of hydrogen-bond donors (Lipinski definition) is 1. The fraction of sp³-hybridized carbons (Fsp3) is 0.286. The van der Waals surface area contributed by atoms with Crippen LogP contribution in [0.15, 0.2) is 48.7 Å². The Bertz CT molecular complexity index is 927. The van der Waals surface area contributed by atoms with Gasteiger partial charge in [-0.1, -0.05) is 23.7 Å². The van der Waals surface area contributed by atoms with Crippen molar-refractivity contribution in [3.8, 4) is 0 Å². The van der Waals surface area contributed by atoms with Gasteiger partial charge in [0.05, 0.1) is 10.6 Å². The average Bonchev–Trinajstić information content (AvgIpc) is 3.10. The summed E-state index contributed by atoms with van der Waals surface area (Å²) in [6.45, 7) is 1.46. The van der Waals surface area contributed by atoms with E-state index in [0.717, 1.165) is 48.8 Å². The number of piperidine rings is 1. The SMILES string of the molecule is O=C(c1cc2cc[nH]c2cc1Cl)N1CCC(Cc2ccc(F)cc2)CC1. The maximum Gasteiger partial charge on any atom is 0.255 e. The number of nitrogens with one attached hydrogen (secondary N) is 1. The lowest BCUT2D eigenvalue weighted by molar-refractivity contribution is 0.0691. The second-order valence-corrected chi connectivity index (χ2v) is 7.37. The summed E-state index contributed by atoms with van der Waals surface area (Å²) in [4.78, 5) is 17.9. The number of rotatable bonds is 3. The molecule has 3 aromatic rings. The first kappa shape index (κ1) is 17.1. The topological polar surface area (TPSA) is 36.1 Å². The summed E-state index contributed by atoms with van der Waals surface area (Å²) in [6, 6.07) is 12.3. The molecule has 0 saturated carbocycles. The van der Waals surface area contributed by atoms with Crippen LogP contribution in [0, 0.1) is 11.7 Å². The van der Waals surface area contributed by atoms with E-state index in [9.17, 15) is 9.18 Å². The number of benzene rings is 2. The predicted octanol–water partition coefficient (Wildman–Crippen LogP) is 5.06. The number of aromatic amines is 1. The molecule has 0 aliphatic carbocycles. The zero-order chi connectivity index (χ0) is 18.1. The van der Waals surface area contributed by atoms with E-state index < -0.39 is 0 Å². The van der Waals surface area contributed by atoms with Gasteiger partial charge in [-0.15, -0.1) is 0 Å². The van der Waals surface area contributed by atoms with Crippen molar-refractivity contribution in [1.82, 2.24) is 9.88 Å². The summed E-state index contributed by atoms with van der Waals surface area (Å²) in [5, 5.41) is 1.47. The third kappa shape index (κ3) is 3.47. The fourth-order valence-corrected chi connectivity index (χ4v) is 3.95. The molecule has 1 aromatic heterocycles. The average molecular weight is 371 g/mol. The molecule has 1 fully saturated rings. The number of fused-ring (bicyclic) bond motifs is 1. The first-order valence-corrected chi connectivity index (χ1v) is 9.28. The number of likely N-dealkylation sites (tertiary alicyclic amines) is 1.